The summed E-state index contributed by atoms with van der Waals surface area (Å²) < 4.78 is 1.19. The first-order chi connectivity index (χ1) is 8.97. The monoisotopic (exact) mass is 276 g/mol. The first-order valence-corrected chi connectivity index (χ1v) is 6.64. The number of nitrogens with zero attached hydrogens (tertiary/aromatic N) is 3. The average Bonchev–Trinajstić information content (AvgIpc) is 2.80. The number of aryl methyl sites for hydroxylation is 1. The Hall–Kier alpha value is -1.89. The van der Waals surface area contributed by atoms with Gasteiger partial charge in [0.25, 0.3) is 17.4 Å². The lowest BCUT2D eigenvalue weighted by atomic mass is 10.0. The number of aromatic nitrogens is 2. The molecule has 7 heteroatoms. The van der Waals surface area contributed by atoms with Crippen molar-refractivity contribution in [1.82, 2.24) is 9.78 Å². The molecular formula is C12H12N4O2S. The molecule has 0 radical (unpaired) electrons. The fraction of sp³-hybridized carbons (Fsp3) is 0.333. The summed E-state index contributed by atoms with van der Waals surface area (Å²) in [5.41, 5.74) is 1.43. The standard InChI is InChI=1S/C12H12N4O2S/c1-5-4-8(17)16(15-5)12-13-10(18)9-6(2)7(3)19-11(9)14-12/h4,9,15H,1-3H3. The van der Waals surface area contributed by atoms with Crippen molar-refractivity contribution >= 4 is 28.7 Å². The Morgan fingerprint density at radius 1 is 1.26 bits per heavy atom. The van der Waals surface area contributed by atoms with Crippen LogP contribution in [0, 0.1) is 12.8 Å². The van der Waals surface area contributed by atoms with Crippen LogP contribution in [-0.4, -0.2) is 26.7 Å². The van der Waals surface area contributed by atoms with Gasteiger partial charge in [-0.1, -0.05) is 11.8 Å². The van der Waals surface area contributed by atoms with Crippen LogP contribution in [0.15, 0.2) is 31.3 Å². The van der Waals surface area contributed by atoms with Crippen LogP contribution in [0.5, 0.6) is 0 Å². The maximum absolute atomic E-state index is 12.1. The van der Waals surface area contributed by atoms with Crippen LogP contribution in [0.3, 0.4) is 0 Å². The van der Waals surface area contributed by atoms with E-state index in [9.17, 15) is 9.59 Å². The summed E-state index contributed by atoms with van der Waals surface area (Å²) in [4.78, 5) is 33.1. The molecule has 3 heterocycles. The third-order valence-corrected chi connectivity index (χ3v) is 4.37. The van der Waals surface area contributed by atoms with Gasteiger partial charge in [0.15, 0.2) is 0 Å². The highest BCUT2D eigenvalue weighted by Crippen LogP contribution is 2.39. The van der Waals surface area contributed by atoms with E-state index in [0.717, 1.165) is 10.5 Å². The molecule has 0 fully saturated rings. The van der Waals surface area contributed by atoms with Gasteiger partial charge in [-0.25, -0.2) is 4.99 Å². The molecule has 0 saturated carbocycles. The molecule has 1 N–H and O–H groups in total. The first-order valence-electron chi connectivity index (χ1n) is 5.83. The number of hydrogen-bond acceptors (Lipinski definition) is 4. The van der Waals surface area contributed by atoms with E-state index in [1.807, 2.05) is 13.8 Å². The van der Waals surface area contributed by atoms with Gasteiger partial charge in [0.05, 0.1) is 5.04 Å². The molecule has 0 aromatic carbocycles. The van der Waals surface area contributed by atoms with Crippen molar-refractivity contribution in [3.63, 3.8) is 0 Å². The highest BCUT2D eigenvalue weighted by atomic mass is 32.2. The number of H-pyrrole nitrogens is 1. The molecule has 1 aromatic rings. The van der Waals surface area contributed by atoms with Gasteiger partial charge >= 0.3 is 0 Å². The number of amides is 1. The molecule has 19 heavy (non-hydrogen) atoms. The third kappa shape index (κ3) is 1.81. The van der Waals surface area contributed by atoms with Crippen molar-refractivity contribution in [2.24, 2.45) is 15.9 Å². The average molecular weight is 276 g/mol. The molecular weight excluding hydrogens is 264 g/mol. The van der Waals surface area contributed by atoms with Crippen molar-refractivity contribution in [2.45, 2.75) is 20.8 Å². The minimum Gasteiger partial charge on any atom is -0.293 e. The molecule has 0 bridgehead atoms. The van der Waals surface area contributed by atoms with Crippen LogP contribution in [0.4, 0.5) is 0 Å². The normalized spacial score (nSPS) is 22.5. The Kier molecular flexibility index (Phi) is 2.60. The molecule has 6 nitrogen and oxygen atoms in total. The summed E-state index contributed by atoms with van der Waals surface area (Å²) >= 11 is 1.47. The second-order valence-electron chi connectivity index (χ2n) is 4.59. The predicted octanol–water partition coefficient (Wildman–Crippen LogP) is 1.28. The number of nitrogens with one attached hydrogen (secondary N) is 1. The molecule has 2 aliphatic rings. The van der Waals surface area contributed by atoms with E-state index in [1.54, 1.807) is 6.92 Å². The Morgan fingerprint density at radius 3 is 2.63 bits per heavy atom. The van der Waals surface area contributed by atoms with Crippen LogP contribution >= 0.6 is 11.8 Å². The Labute approximate surface area is 113 Å². The van der Waals surface area contributed by atoms with Gasteiger partial charge in [0.2, 0.25) is 0 Å². The maximum Gasteiger partial charge on any atom is 0.274 e. The minimum atomic E-state index is -0.361. The fourth-order valence-corrected chi connectivity index (χ4v) is 3.23. The van der Waals surface area contributed by atoms with Crippen LogP contribution in [0.2, 0.25) is 0 Å². The van der Waals surface area contributed by atoms with Crippen molar-refractivity contribution in [3.05, 3.63) is 32.6 Å². The molecule has 0 aliphatic carbocycles. The summed E-state index contributed by atoms with van der Waals surface area (Å²) in [7, 11) is 0. The summed E-state index contributed by atoms with van der Waals surface area (Å²) in [6, 6.07) is 1.44. The Morgan fingerprint density at radius 2 is 2.00 bits per heavy atom. The molecule has 1 aromatic heterocycles. The van der Waals surface area contributed by atoms with Gasteiger partial charge < -0.3 is 0 Å². The first kappa shape index (κ1) is 12.2. The van der Waals surface area contributed by atoms with Gasteiger partial charge in [0, 0.05) is 11.8 Å². The van der Waals surface area contributed by atoms with Crippen LogP contribution in [-0.2, 0) is 4.79 Å². The largest absolute Gasteiger partial charge is 0.293 e. The lowest BCUT2D eigenvalue weighted by Gasteiger charge is -2.14. The number of rotatable bonds is 0. The number of aromatic amines is 1. The van der Waals surface area contributed by atoms with Crippen molar-refractivity contribution in [2.75, 3.05) is 0 Å². The number of allylic oxidation sites excluding steroid dienone is 1. The highest BCUT2D eigenvalue weighted by molar-refractivity contribution is 8.17. The number of carbonyl (C=O) groups excluding carboxylic acids is 1. The zero-order chi connectivity index (χ0) is 13.7. The lowest BCUT2D eigenvalue weighted by molar-refractivity contribution is -0.118. The molecule has 1 unspecified atom stereocenters. The van der Waals surface area contributed by atoms with Crippen LogP contribution < -0.4 is 5.56 Å². The summed E-state index contributed by atoms with van der Waals surface area (Å²) in [5, 5.41) is 3.53. The van der Waals surface area contributed by atoms with E-state index >= 15 is 0 Å². The van der Waals surface area contributed by atoms with Gasteiger partial charge in [-0.3, -0.25) is 14.7 Å². The quantitative estimate of drug-likeness (QED) is 0.775. The fourth-order valence-electron chi connectivity index (χ4n) is 2.11. The summed E-state index contributed by atoms with van der Waals surface area (Å²) in [6.45, 7) is 5.64. The molecule has 0 saturated heterocycles. The number of fused-ring (bicyclic) bond motifs is 1. The summed E-state index contributed by atoms with van der Waals surface area (Å²) in [6.07, 6.45) is 0. The number of thioether (sulfide) groups is 1. The highest BCUT2D eigenvalue weighted by Gasteiger charge is 2.37. The zero-order valence-corrected chi connectivity index (χ0v) is 11.5. The van der Waals surface area contributed by atoms with Gasteiger partial charge in [-0.15, -0.1) is 0 Å². The van der Waals surface area contributed by atoms with Crippen molar-refractivity contribution in [1.29, 1.82) is 0 Å². The number of aliphatic imine (C=N–C) groups is 2. The van der Waals surface area contributed by atoms with E-state index in [4.69, 9.17) is 0 Å². The smallest absolute Gasteiger partial charge is 0.274 e. The summed E-state index contributed by atoms with van der Waals surface area (Å²) in [5.74, 6) is -0.508. The van der Waals surface area contributed by atoms with Gasteiger partial charge in [-0.05, 0) is 31.2 Å². The van der Waals surface area contributed by atoms with E-state index in [2.05, 4.69) is 15.1 Å². The van der Waals surface area contributed by atoms with Gasteiger partial charge in [-0.2, -0.15) is 9.67 Å². The Bertz CT molecular complexity index is 735. The number of carbonyl (C=O) groups is 1. The second kappa shape index (κ2) is 4.06. The topological polar surface area (TPSA) is 79.6 Å². The zero-order valence-electron chi connectivity index (χ0n) is 10.7. The molecule has 1 amide bonds. The molecule has 0 spiro atoms. The molecule has 1 atom stereocenters. The lowest BCUT2D eigenvalue weighted by Crippen LogP contribution is -2.32. The second-order valence-corrected chi connectivity index (χ2v) is 5.82. The maximum atomic E-state index is 12.1. The van der Waals surface area contributed by atoms with E-state index in [1.165, 1.54) is 22.5 Å². The van der Waals surface area contributed by atoms with Gasteiger partial charge in [0.1, 0.15) is 5.92 Å². The van der Waals surface area contributed by atoms with Crippen LogP contribution in [0.25, 0.3) is 0 Å². The van der Waals surface area contributed by atoms with E-state index in [0.29, 0.717) is 10.7 Å². The van der Waals surface area contributed by atoms with Crippen LogP contribution in [0.1, 0.15) is 19.5 Å². The SMILES string of the molecule is CC1=C(C)C2C(=O)N=C(n3[nH]c(C)cc3=O)N=C2S1. The van der Waals surface area contributed by atoms with E-state index in [-0.39, 0.29) is 23.3 Å². The Balaban J connectivity index is 2.07. The minimum absolute atomic E-state index is 0.115. The molecule has 3 rings (SSSR count). The van der Waals surface area contributed by atoms with Crippen molar-refractivity contribution in [3.8, 4) is 0 Å². The van der Waals surface area contributed by atoms with E-state index < -0.39 is 0 Å². The number of hydrogen-bond donors (Lipinski definition) is 1. The third-order valence-electron chi connectivity index (χ3n) is 3.21. The van der Waals surface area contributed by atoms with Crippen molar-refractivity contribution < 1.29 is 4.79 Å². The molecule has 2 aliphatic heterocycles. The molecule has 98 valence electrons. The predicted molar refractivity (Wildman–Crippen MR) is 74.5 cm³/mol.